The lowest BCUT2D eigenvalue weighted by Gasteiger charge is -2.56. The molecule has 1 aromatic carbocycles. The van der Waals surface area contributed by atoms with Crippen LogP contribution in [0, 0.1) is 17.8 Å². The third-order valence-corrected chi connectivity index (χ3v) is 6.65. The van der Waals surface area contributed by atoms with Crippen molar-refractivity contribution in [3.63, 3.8) is 0 Å². The minimum absolute atomic E-state index is 0.0373. The van der Waals surface area contributed by atoms with Crippen LogP contribution in [0.4, 0.5) is 0 Å². The quantitative estimate of drug-likeness (QED) is 0.928. The zero-order valence-electron chi connectivity index (χ0n) is 14.7. The maximum absolute atomic E-state index is 13.2. The van der Waals surface area contributed by atoms with Crippen LogP contribution in [-0.4, -0.2) is 21.2 Å². The third-order valence-electron chi connectivity index (χ3n) is 6.65. The van der Waals surface area contributed by atoms with E-state index >= 15 is 0 Å². The average molecular weight is 335 g/mol. The molecule has 1 N–H and O–H groups in total. The highest BCUT2D eigenvalue weighted by molar-refractivity contribution is 6.00. The van der Waals surface area contributed by atoms with Gasteiger partial charge < -0.3 is 5.32 Å². The van der Waals surface area contributed by atoms with E-state index in [0.717, 1.165) is 29.0 Å². The Bertz CT molecular complexity index is 773. The summed E-state index contributed by atoms with van der Waals surface area (Å²) in [5.41, 5.74) is 2.68. The Morgan fingerprint density at radius 2 is 1.68 bits per heavy atom. The van der Waals surface area contributed by atoms with Crippen LogP contribution in [0.3, 0.4) is 0 Å². The number of nitrogens with one attached hydrogen (secondary N) is 1. The summed E-state index contributed by atoms with van der Waals surface area (Å²) in [6.07, 6.45) is 9.40. The number of rotatable bonds is 3. The van der Waals surface area contributed by atoms with Crippen molar-refractivity contribution in [3.05, 3.63) is 42.1 Å². The fourth-order valence-corrected chi connectivity index (χ4v) is 6.11. The number of nitrogens with zero attached hydrogens (tertiary/aromatic N) is 2. The zero-order chi connectivity index (χ0) is 17.0. The number of hydrogen-bond acceptors (Lipinski definition) is 2. The van der Waals surface area contributed by atoms with Crippen molar-refractivity contribution in [3.8, 4) is 11.3 Å². The van der Waals surface area contributed by atoms with Crippen LogP contribution in [0.1, 0.15) is 48.9 Å². The van der Waals surface area contributed by atoms with E-state index in [0.29, 0.717) is 5.56 Å². The first-order chi connectivity index (χ1) is 12.1. The van der Waals surface area contributed by atoms with Gasteiger partial charge in [0.25, 0.3) is 5.91 Å². The largest absolute Gasteiger partial charge is 0.346 e. The summed E-state index contributed by atoms with van der Waals surface area (Å²) >= 11 is 0. The number of benzene rings is 1. The molecule has 0 radical (unpaired) electrons. The molecule has 0 unspecified atom stereocenters. The number of amides is 1. The summed E-state index contributed by atoms with van der Waals surface area (Å²) in [5.74, 6) is 2.53. The molecule has 4 aliphatic rings. The van der Waals surface area contributed by atoms with Gasteiger partial charge in [-0.05, 0) is 56.3 Å². The van der Waals surface area contributed by atoms with Crippen molar-refractivity contribution in [2.75, 3.05) is 0 Å². The molecule has 0 spiro atoms. The molecular formula is C21H25N3O. The standard InChI is InChI=1S/C21H25N3O/c1-24-19(17-5-3-2-4-6-17)18(13-22-24)20(25)23-21-10-14-7-15(11-21)9-16(8-14)12-21/h2-6,13-16H,7-12H2,1H3,(H,23,25). The van der Waals surface area contributed by atoms with Crippen LogP contribution in [0.15, 0.2) is 36.5 Å². The fourth-order valence-electron chi connectivity index (χ4n) is 6.11. The van der Waals surface area contributed by atoms with Gasteiger partial charge in [-0.15, -0.1) is 0 Å². The van der Waals surface area contributed by atoms with Crippen LogP contribution in [-0.2, 0) is 7.05 Å². The molecule has 4 fully saturated rings. The van der Waals surface area contributed by atoms with Crippen molar-refractivity contribution < 1.29 is 4.79 Å². The predicted octanol–water partition coefficient (Wildman–Crippen LogP) is 3.79. The molecule has 0 atom stereocenters. The number of aryl methyl sites for hydroxylation is 1. The van der Waals surface area contributed by atoms with E-state index < -0.39 is 0 Å². The lowest BCUT2D eigenvalue weighted by atomic mass is 9.53. The molecule has 6 rings (SSSR count). The summed E-state index contributed by atoms with van der Waals surface area (Å²) in [7, 11) is 1.91. The molecule has 1 aromatic heterocycles. The smallest absolute Gasteiger partial charge is 0.255 e. The summed E-state index contributed by atoms with van der Waals surface area (Å²) < 4.78 is 1.81. The zero-order valence-corrected chi connectivity index (χ0v) is 14.7. The normalized spacial score (nSPS) is 32.8. The van der Waals surface area contributed by atoms with Crippen molar-refractivity contribution in [1.82, 2.24) is 15.1 Å². The predicted molar refractivity (Wildman–Crippen MR) is 97.0 cm³/mol. The minimum Gasteiger partial charge on any atom is -0.346 e. The van der Waals surface area contributed by atoms with E-state index in [4.69, 9.17) is 0 Å². The highest BCUT2D eigenvalue weighted by Gasteiger charge is 2.51. The second kappa shape index (κ2) is 5.45. The van der Waals surface area contributed by atoms with Crippen molar-refractivity contribution >= 4 is 5.91 Å². The van der Waals surface area contributed by atoms with Gasteiger partial charge in [0, 0.05) is 18.2 Å². The van der Waals surface area contributed by atoms with Gasteiger partial charge in [-0.2, -0.15) is 5.10 Å². The van der Waals surface area contributed by atoms with Gasteiger partial charge in [0.2, 0.25) is 0 Å². The molecular weight excluding hydrogens is 310 g/mol. The Labute approximate surface area is 148 Å². The minimum atomic E-state index is 0.0373. The Morgan fingerprint density at radius 1 is 1.08 bits per heavy atom. The molecule has 25 heavy (non-hydrogen) atoms. The first-order valence-corrected chi connectivity index (χ1v) is 9.52. The second-order valence-electron chi connectivity index (χ2n) is 8.55. The number of hydrogen-bond donors (Lipinski definition) is 1. The highest BCUT2D eigenvalue weighted by atomic mass is 16.1. The number of aromatic nitrogens is 2. The molecule has 4 heteroatoms. The molecule has 1 heterocycles. The molecule has 4 nitrogen and oxygen atoms in total. The van der Waals surface area contributed by atoms with Gasteiger partial charge in [-0.25, -0.2) is 0 Å². The lowest BCUT2D eigenvalue weighted by molar-refractivity contribution is -0.0166. The fraction of sp³-hybridized carbons (Fsp3) is 0.524. The van der Waals surface area contributed by atoms with Crippen LogP contribution >= 0.6 is 0 Å². The number of carbonyl (C=O) groups excluding carboxylic acids is 1. The van der Waals surface area contributed by atoms with E-state index in [1.54, 1.807) is 6.20 Å². The Hall–Kier alpha value is -2.10. The Morgan fingerprint density at radius 3 is 2.28 bits per heavy atom. The lowest BCUT2D eigenvalue weighted by Crippen LogP contribution is -2.59. The van der Waals surface area contributed by atoms with E-state index in [1.165, 1.54) is 38.5 Å². The van der Waals surface area contributed by atoms with Gasteiger partial charge in [0.1, 0.15) is 0 Å². The Balaban J connectivity index is 1.45. The van der Waals surface area contributed by atoms with Gasteiger partial charge in [0.05, 0.1) is 17.5 Å². The van der Waals surface area contributed by atoms with Gasteiger partial charge >= 0.3 is 0 Å². The maximum atomic E-state index is 13.2. The van der Waals surface area contributed by atoms with Crippen LogP contribution in [0.2, 0.25) is 0 Å². The second-order valence-corrected chi connectivity index (χ2v) is 8.55. The average Bonchev–Trinajstić information content (AvgIpc) is 2.96. The molecule has 0 saturated heterocycles. The monoisotopic (exact) mass is 335 g/mol. The SMILES string of the molecule is Cn1ncc(C(=O)NC23CC4CC(CC(C4)C2)C3)c1-c1ccccc1. The first kappa shape index (κ1) is 15.2. The molecule has 4 saturated carbocycles. The Kier molecular flexibility index (Phi) is 3.31. The first-order valence-electron chi connectivity index (χ1n) is 9.52. The van der Waals surface area contributed by atoms with E-state index in [2.05, 4.69) is 10.4 Å². The molecule has 2 aromatic rings. The summed E-state index contributed by atoms with van der Waals surface area (Å²) in [6, 6.07) is 10.1. The van der Waals surface area contributed by atoms with Gasteiger partial charge in [-0.1, -0.05) is 30.3 Å². The van der Waals surface area contributed by atoms with E-state index in [9.17, 15) is 4.79 Å². The van der Waals surface area contributed by atoms with Crippen LogP contribution in [0.25, 0.3) is 11.3 Å². The summed E-state index contributed by atoms with van der Waals surface area (Å²) in [6.45, 7) is 0. The van der Waals surface area contributed by atoms with E-state index in [-0.39, 0.29) is 11.4 Å². The van der Waals surface area contributed by atoms with Crippen molar-refractivity contribution in [2.24, 2.45) is 24.8 Å². The van der Waals surface area contributed by atoms with Crippen LogP contribution in [0.5, 0.6) is 0 Å². The van der Waals surface area contributed by atoms with E-state index in [1.807, 2.05) is 42.1 Å². The van der Waals surface area contributed by atoms with Crippen molar-refractivity contribution in [1.29, 1.82) is 0 Å². The van der Waals surface area contributed by atoms with Crippen LogP contribution < -0.4 is 5.32 Å². The molecule has 0 aliphatic heterocycles. The molecule has 1 amide bonds. The summed E-state index contributed by atoms with van der Waals surface area (Å²) in [4.78, 5) is 13.2. The van der Waals surface area contributed by atoms with Gasteiger partial charge in [-0.3, -0.25) is 9.48 Å². The topological polar surface area (TPSA) is 46.9 Å². The van der Waals surface area contributed by atoms with Gasteiger partial charge in [0.15, 0.2) is 0 Å². The summed E-state index contributed by atoms with van der Waals surface area (Å²) in [5, 5.41) is 7.84. The molecule has 130 valence electrons. The maximum Gasteiger partial charge on any atom is 0.255 e. The third kappa shape index (κ3) is 2.50. The number of carbonyl (C=O) groups is 1. The van der Waals surface area contributed by atoms with Crippen molar-refractivity contribution in [2.45, 2.75) is 44.1 Å². The highest BCUT2D eigenvalue weighted by Crippen LogP contribution is 2.55. The molecule has 4 bridgehead atoms. The molecule has 4 aliphatic carbocycles.